The van der Waals surface area contributed by atoms with Gasteiger partial charge < -0.3 is 15.4 Å². The Hall–Kier alpha value is -1.20. The van der Waals surface area contributed by atoms with E-state index in [-0.39, 0.29) is 0 Å². The van der Waals surface area contributed by atoms with E-state index in [9.17, 15) is 0 Å². The van der Waals surface area contributed by atoms with Crippen molar-refractivity contribution in [2.45, 2.75) is 32.4 Å². The van der Waals surface area contributed by atoms with Crippen LogP contribution < -0.4 is 10.6 Å². The highest BCUT2D eigenvalue weighted by Gasteiger charge is 2.20. The Bertz CT molecular complexity index is 350. The third-order valence-electron chi connectivity index (χ3n) is 3.05. The number of anilines is 1. The van der Waals surface area contributed by atoms with Crippen LogP contribution in [0.4, 0.5) is 5.82 Å². The minimum absolute atomic E-state index is 0.405. The number of ether oxygens (including phenoxy) is 1. The van der Waals surface area contributed by atoms with Crippen molar-refractivity contribution in [2.75, 3.05) is 24.6 Å². The van der Waals surface area contributed by atoms with E-state index < -0.39 is 0 Å². The van der Waals surface area contributed by atoms with Crippen molar-refractivity contribution in [1.82, 2.24) is 9.97 Å². The molecule has 1 aliphatic heterocycles. The van der Waals surface area contributed by atoms with Crippen LogP contribution >= 0.6 is 0 Å². The average molecular weight is 236 g/mol. The Balaban J connectivity index is 1.95. The van der Waals surface area contributed by atoms with Gasteiger partial charge >= 0.3 is 0 Å². The first-order valence-electron chi connectivity index (χ1n) is 6.21. The standard InChI is InChI=1S/C12H20N4O/c1-2-17-11-3-5-16(6-4-11)12-9-14-8-10(7-13)15-12/h8-9,11H,2-7,13H2,1H3. The third-order valence-corrected chi connectivity index (χ3v) is 3.05. The molecule has 2 heterocycles. The van der Waals surface area contributed by atoms with E-state index in [2.05, 4.69) is 14.9 Å². The van der Waals surface area contributed by atoms with E-state index in [1.54, 1.807) is 12.4 Å². The van der Waals surface area contributed by atoms with Crippen LogP contribution in [0.1, 0.15) is 25.5 Å². The van der Waals surface area contributed by atoms with Gasteiger partial charge in [0.2, 0.25) is 0 Å². The number of nitrogens with zero attached hydrogens (tertiary/aromatic N) is 3. The summed E-state index contributed by atoms with van der Waals surface area (Å²) < 4.78 is 5.63. The fourth-order valence-electron chi connectivity index (χ4n) is 2.13. The number of nitrogens with two attached hydrogens (primary N) is 1. The first-order chi connectivity index (χ1) is 8.33. The van der Waals surface area contributed by atoms with Crippen LogP contribution in [0.5, 0.6) is 0 Å². The molecule has 5 heteroatoms. The Morgan fingerprint density at radius 3 is 2.82 bits per heavy atom. The lowest BCUT2D eigenvalue weighted by Gasteiger charge is -2.32. The molecule has 1 saturated heterocycles. The zero-order chi connectivity index (χ0) is 12.1. The van der Waals surface area contributed by atoms with Crippen molar-refractivity contribution in [3.63, 3.8) is 0 Å². The van der Waals surface area contributed by atoms with Gasteiger partial charge in [0.05, 0.1) is 18.0 Å². The molecule has 0 spiro atoms. The predicted octanol–water partition coefficient (Wildman–Crippen LogP) is 0.941. The molecule has 0 aromatic carbocycles. The molecule has 0 radical (unpaired) electrons. The van der Waals surface area contributed by atoms with Crippen LogP contribution in [0.15, 0.2) is 12.4 Å². The quantitative estimate of drug-likeness (QED) is 0.843. The van der Waals surface area contributed by atoms with E-state index in [0.29, 0.717) is 12.6 Å². The zero-order valence-corrected chi connectivity index (χ0v) is 10.3. The van der Waals surface area contributed by atoms with Crippen molar-refractivity contribution < 1.29 is 4.74 Å². The summed E-state index contributed by atoms with van der Waals surface area (Å²) in [6.45, 7) is 5.24. The molecule has 1 fully saturated rings. The number of piperidine rings is 1. The van der Waals surface area contributed by atoms with Gasteiger partial charge in [0.1, 0.15) is 5.82 Å². The lowest BCUT2D eigenvalue weighted by molar-refractivity contribution is 0.0458. The molecule has 5 nitrogen and oxygen atoms in total. The lowest BCUT2D eigenvalue weighted by Crippen LogP contribution is -2.37. The molecule has 0 unspecified atom stereocenters. The molecular weight excluding hydrogens is 216 g/mol. The van der Waals surface area contributed by atoms with Gasteiger partial charge in [-0.1, -0.05) is 0 Å². The van der Waals surface area contributed by atoms with Crippen molar-refractivity contribution in [3.8, 4) is 0 Å². The minimum Gasteiger partial charge on any atom is -0.378 e. The van der Waals surface area contributed by atoms with Gasteiger partial charge in [-0.05, 0) is 19.8 Å². The van der Waals surface area contributed by atoms with Gasteiger partial charge in [0.25, 0.3) is 0 Å². The predicted molar refractivity (Wildman–Crippen MR) is 66.8 cm³/mol. The monoisotopic (exact) mass is 236 g/mol. The van der Waals surface area contributed by atoms with Crippen LogP contribution in [0.2, 0.25) is 0 Å². The molecule has 0 saturated carbocycles. The maximum Gasteiger partial charge on any atom is 0.147 e. The normalized spacial score (nSPS) is 17.4. The number of aromatic nitrogens is 2. The lowest BCUT2D eigenvalue weighted by atomic mass is 10.1. The molecule has 17 heavy (non-hydrogen) atoms. The second kappa shape index (κ2) is 5.93. The van der Waals surface area contributed by atoms with Gasteiger partial charge in [-0.3, -0.25) is 4.98 Å². The summed E-state index contributed by atoms with van der Waals surface area (Å²) in [4.78, 5) is 10.9. The maximum absolute atomic E-state index is 5.63. The van der Waals surface area contributed by atoms with E-state index in [1.807, 2.05) is 6.92 Å². The van der Waals surface area contributed by atoms with Crippen molar-refractivity contribution in [2.24, 2.45) is 5.73 Å². The first-order valence-corrected chi connectivity index (χ1v) is 6.21. The fraction of sp³-hybridized carbons (Fsp3) is 0.667. The molecule has 0 atom stereocenters. The van der Waals surface area contributed by atoms with Gasteiger partial charge in [0.15, 0.2) is 0 Å². The molecule has 2 rings (SSSR count). The van der Waals surface area contributed by atoms with Gasteiger partial charge in [-0.15, -0.1) is 0 Å². The molecule has 0 amide bonds. The van der Waals surface area contributed by atoms with Crippen molar-refractivity contribution in [1.29, 1.82) is 0 Å². The van der Waals surface area contributed by atoms with Gasteiger partial charge in [-0.2, -0.15) is 0 Å². The molecule has 0 aliphatic carbocycles. The molecule has 2 N–H and O–H groups in total. The second-order valence-electron chi connectivity index (χ2n) is 4.21. The summed E-state index contributed by atoms with van der Waals surface area (Å²) in [5.74, 6) is 0.933. The Morgan fingerprint density at radius 1 is 1.41 bits per heavy atom. The maximum atomic E-state index is 5.63. The molecule has 0 bridgehead atoms. The van der Waals surface area contributed by atoms with Gasteiger partial charge in [-0.25, -0.2) is 4.98 Å². The number of rotatable bonds is 4. The van der Waals surface area contributed by atoms with Crippen LogP contribution in [-0.4, -0.2) is 35.8 Å². The molecule has 1 aromatic rings. The Kier molecular flexibility index (Phi) is 4.28. The Morgan fingerprint density at radius 2 is 2.18 bits per heavy atom. The molecule has 1 aliphatic rings. The van der Waals surface area contributed by atoms with E-state index >= 15 is 0 Å². The summed E-state index contributed by atoms with van der Waals surface area (Å²) in [6.07, 6.45) is 6.04. The largest absolute Gasteiger partial charge is 0.378 e. The van der Waals surface area contributed by atoms with E-state index in [4.69, 9.17) is 10.5 Å². The van der Waals surface area contributed by atoms with Gasteiger partial charge in [0, 0.05) is 32.4 Å². The van der Waals surface area contributed by atoms with Crippen LogP contribution in [0, 0.1) is 0 Å². The summed E-state index contributed by atoms with van der Waals surface area (Å²) in [5, 5.41) is 0. The summed E-state index contributed by atoms with van der Waals surface area (Å²) in [5.41, 5.74) is 6.41. The van der Waals surface area contributed by atoms with Crippen LogP contribution in [0.3, 0.4) is 0 Å². The summed E-state index contributed by atoms with van der Waals surface area (Å²) in [6, 6.07) is 0. The fourth-order valence-corrected chi connectivity index (χ4v) is 2.13. The zero-order valence-electron chi connectivity index (χ0n) is 10.3. The van der Waals surface area contributed by atoms with Crippen molar-refractivity contribution >= 4 is 5.82 Å². The first kappa shape index (κ1) is 12.3. The highest BCUT2D eigenvalue weighted by Crippen LogP contribution is 2.19. The number of hydrogen-bond donors (Lipinski definition) is 1. The van der Waals surface area contributed by atoms with E-state index in [1.165, 1.54) is 0 Å². The summed E-state index contributed by atoms with van der Waals surface area (Å²) >= 11 is 0. The van der Waals surface area contributed by atoms with Crippen LogP contribution in [-0.2, 0) is 11.3 Å². The molecular formula is C12H20N4O. The van der Waals surface area contributed by atoms with Crippen molar-refractivity contribution in [3.05, 3.63) is 18.1 Å². The Labute approximate surface area is 102 Å². The second-order valence-corrected chi connectivity index (χ2v) is 4.21. The smallest absolute Gasteiger partial charge is 0.147 e. The summed E-state index contributed by atoms with van der Waals surface area (Å²) in [7, 11) is 0. The molecule has 94 valence electrons. The number of hydrogen-bond acceptors (Lipinski definition) is 5. The SMILES string of the molecule is CCOC1CCN(c2cncc(CN)n2)CC1. The third kappa shape index (κ3) is 3.14. The highest BCUT2D eigenvalue weighted by atomic mass is 16.5. The van der Waals surface area contributed by atoms with E-state index in [0.717, 1.165) is 44.0 Å². The van der Waals surface area contributed by atoms with Crippen LogP contribution in [0.25, 0.3) is 0 Å². The molecule has 1 aromatic heterocycles. The average Bonchev–Trinajstić information content (AvgIpc) is 2.40. The minimum atomic E-state index is 0.405. The topological polar surface area (TPSA) is 64.3 Å². The highest BCUT2D eigenvalue weighted by molar-refractivity contribution is 5.36.